The molecule has 182 valence electrons. The maximum Gasteiger partial charge on any atom is 0.354 e. The van der Waals surface area contributed by atoms with Gasteiger partial charge in [-0.15, -0.1) is 22.7 Å². The number of aromatic amines is 1. The van der Waals surface area contributed by atoms with Crippen LogP contribution >= 0.6 is 22.7 Å². The molecular weight excluding hydrogens is 484 g/mol. The molecule has 3 rings (SSSR count). The van der Waals surface area contributed by atoms with Crippen molar-refractivity contribution in [1.82, 2.24) is 15.0 Å². The molecule has 0 aromatic carbocycles. The van der Waals surface area contributed by atoms with Gasteiger partial charge in [0.05, 0.1) is 31.1 Å². The van der Waals surface area contributed by atoms with Crippen LogP contribution in [0.25, 0.3) is 26.9 Å². The van der Waals surface area contributed by atoms with E-state index in [9.17, 15) is 9.59 Å². The maximum absolute atomic E-state index is 11.5. The van der Waals surface area contributed by atoms with Crippen molar-refractivity contribution >= 4 is 51.0 Å². The second kappa shape index (κ2) is 14.1. The maximum atomic E-state index is 11.5. The Balaban J connectivity index is 0.000000241. The number of rotatable bonds is 10. The molecule has 3 aromatic rings. The van der Waals surface area contributed by atoms with Crippen molar-refractivity contribution < 1.29 is 28.5 Å². The van der Waals surface area contributed by atoms with Gasteiger partial charge >= 0.3 is 11.9 Å². The lowest BCUT2D eigenvalue weighted by Crippen LogP contribution is -2.05. The first-order chi connectivity index (χ1) is 16.4. The summed E-state index contributed by atoms with van der Waals surface area (Å²) in [6.07, 6.45) is 3.01. The SMILES string of the molecule is CCOC(=O)/C(=C/c1cnc(COC)s1)N=[N+]=[N-].CCOC(=O)c1cc2sc(COC)nc2[nH]1. The van der Waals surface area contributed by atoms with Gasteiger partial charge in [0.1, 0.15) is 27.1 Å². The zero-order valence-corrected chi connectivity index (χ0v) is 20.7. The number of hydrogen-bond donors (Lipinski definition) is 1. The fourth-order valence-corrected chi connectivity index (χ4v) is 4.23. The molecule has 0 saturated heterocycles. The Kier molecular flexibility index (Phi) is 11.2. The summed E-state index contributed by atoms with van der Waals surface area (Å²) in [5.41, 5.74) is 9.46. The average Bonchev–Trinajstić information content (AvgIpc) is 3.50. The van der Waals surface area contributed by atoms with Crippen molar-refractivity contribution in [2.24, 2.45) is 5.11 Å². The molecule has 0 unspecified atom stereocenters. The largest absolute Gasteiger partial charge is 0.462 e. The molecule has 0 aliphatic carbocycles. The first-order valence-electron chi connectivity index (χ1n) is 9.97. The predicted molar refractivity (Wildman–Crippen MR) is 127 cm³/mol. The van der Waals surface area contributed by atoms with E-state index in [4.69, 9.17) is 24.5 Å². The molecule has 0 saturated carbocycles. The highest BCUT2D eigenvalue weighted by Gasteiger charge is 2.13. The number of hydrogen-bond acceptors (Lipinski definition) is 11. The first kappa shape index (κ1) is 27.0. The van der Waals surface area contributed by atoms with Crippen LogP contribution in [0.15, 0.2) is 23.1 Å². The topological polar surface area (TPSA) is 161 Å². The molecular formula is C20H24N6O6S2. The van der Waals surface area contributed by atoms with Gasteiger partial charge in [-0.3, -0.25) is 0 Å². The standard InChI is InChI=1S/C10H12N4O3S.C10H12N2O3S/c1-3-17-10(15)8(13-14-11)4-7-5-12-9(18-7)6-16-2;1-3-15-10(13)6-4-7-9(11-6)12-8(16-7)5-14-2/h4-5H,3,6H2,1-2H3;4,11H,3,5H2,1-2H3/b8-4-;. The predicted octanol–water partition coefficient (Wildman–Crippen LogP) is 4.45. The molecule has 0 atom stereocenters. The molecule has 0 bridgehead atoms. The van der Waals surface area contributed by atoms with E-state index in [1.165, 1.54) is 28.7 Å². The van der Waals surface area contributed by atoms with Crippen molar-refractivity contribution in [2.45, 2.75) is 27.1 Å². The van der Waals surface area contributed by atoms with Gasteiger partial charge in [-0.25, -0.2) is 19.6 Å². The highest BCUT2D eigenvalue weighted by atomic mass is 32.1. The van der Waals surface area contributed by atoms with E-state index in [0.717, 1.165) is 14.7 Å². The molecule has 0 aliphatic rings. The second-order valence-corrected chi connectivity index (χ2v) is 8.45. The summed E-state index contributed by atoms with van der Waals surface area (Å²) < 4.78 is 20.5. The molecule has 3 aromatic heterocycles. The summed E-state index contributed by atoms with van der Waals surface area (Å²) in [6.45, 7) is 4.92. The lowest BCUT2D eigenvalue weighted by atomic mass is 10.4. The van der Waals surface area contributed by atoms with Crippen LogP contribution in [0.4, 0.5) is 0 Å². The zero-order valence-electron chi connectivity index (χ0n) is 19.1. The molecule has 3 heterocycles. The smallest absolute Gasteiger partial charge is 0.354 e. The van der Waals surface area contributed by atoms with Crippen molar-refractivity contribution in [2.75, 3.05) is 27.4 Å². The number of azide groups is 1. The van der Waals surface area contributed by atoms with Crippen LogP contribution in [-0.2, 0) is 37.0 Å². The number of aromatic nitrogens is 3. The number of thiazole rings is 2. The van der Waals surface area contributed by atoms with E-state index in [2.05, 4.69) is 25.0 Å². The van der Waals surface area contributed by atoms with Crippen LogP contribution in [0.5, 0.6) is 0 Å². The van der Waals surface area contributed by atoms with Crippen LogP contribution < -0.4 is 0 Å². The molecule has 14 heteroatoms. The quantitative estimate of drug-likeness (QED) is 0.138. The van der Waals surface area contributed by atoms with Gasteiger partial charge in [0, 0.05) is 30.2 Å². The number of H-pyrrole nitrogens is 1. The van der Waals surface area contributed by atoms with Gasteiger partial charge in [0.15, 0.2) is 0 Å². The Morgan fingerprint density at radius 3 is 2.47 bits per heavy atom. The zero-order chi connectivity index (χ0) is 24.9. The Labute approximate surface area is 203 Å². The number of fused-ring (bicyclic) bond motifs is 1. The van der Waals surface area contributed by atoms with Crippen LogP contribution in [0, 0.1) is 0 Å². The van der Waals surface area contributed by atoms with E-state index in [1.807, 2.05) is 0 Å². The highest BCUT2D eigenvalue weighted by Crippen LogP contribution is 2.23. The monoisotopic (exact) mass is 508 g/mol. The minimum absolute atomic E-state index is 0.0908. The Morgan fingerprint density at radius 1 is 1.15 bits per heavy atom. The lowest BCUT2D eigenvalue weighted by molar-refractivity contribution is -0.138. The van der Waals surface area contributed by atoms with E-state index in [1.54, 1.807) is 40.3 Å². The number of ether oxygens (including phenoxy) is 4. The molecule has 34 heavy (non-hydrogen) atoms. The van der Waals surface area contributed by atoms with Crippen molar-refractivity contribution in [3.8, 4) is 0 Å². The Hall–Kier alpha value is -3.29. The van der Waals surface area contributed by atoms with Gasteiger partial charge < -0.3 is 23.9 Å². The number of nitrogens with one attached hydrogen (secondary N) is 1. The molecule has 1 N–H and O–H groups in total. The fourth-order valence-electron chi connectivity index (χ4n) is 2.46. The normalized spacial score (nSPS) is 10.9. The summed E-state index contributed by atoms with van der Waals surface area (Å²) >= 11 is 2.85. The van der Waals surface area contributed by atoms with E-state index < -0.39 is 5.97 Å². The number of carbonyl (C=O) groups excluding carboxylic acids is 2. The second-order valence-electron chi connectivity index (χ2n) is 6.19. The summed E-state index contributed by atoms with van der Waals surface area (Å²) in [4.78, 5) is 37.5. The summed E-state index contributed by atoms with van der Waals surface area (Å²) in [7, 11) is 3.20. The summed E-state index contributed by atoms with van der Waals surface area (Å²) in [5, 5.41) is 4.97. The number of nitrogens with zero attached hydrogens (tertiary/aromatic N) is 5. The Bertz CT molecular complexity index is 1150. The lowest BCUT2D eigenvalue weighted by Gasteiger charge is -1.99. The molecule has 0 fully saturated rings. The van der Waals surface area contributed by atoms with Crippen LogP contribution in [0.1, 0.15) is 39.2 Å². The number of esters is 2. The summed E-state index contributed by atoms with van der Waals surface area (Å²) in [5.74, 6) is -1.00. The average molecular weight is 509 g/mol. The van der Waals surface area contributed by atoms with Crippen LogP contribution in [-0.4, -0.2) is 54.3 Å². The molecule has 0 spiro atoms. The van der Waals surface area contributed by atoms with Crippen molar-refractivity contribution in [3.63, 3.8) is 0 Å². The number of methoxy groups -OCH3 is 2. The molecule has 12 nitrogen and oxygen atoms in total. The van der Waals surface area contributed by atoms with Gasteiger partial charge in [0.25, 0.3) is 0 Å². The Morgan fingerprint density at radius 2 is 1.85 bits per heavy atom. The van der Waals surface area contributed by atoms with E-state index >= 15 is 0 Å². The third kappa shape index (κ3) is 7.93. The third-order valence-corrected chi connectivity index (χ3v) is 5.64. The summed E-state index contributed by atoms with van der Waals surface area (Å²) in [6, 6.07) is 1.75. The van der Waals surface area contributed by atoms with Crippen LogP contribution in [0.2, 0.25) is 0 Å². The van der Waals surface area contributed by atoms with E-state index in [0.29, 0.717) is 36.0 Å². The molecule has 0 aliphatic heterocycles. The minimum Gasteiger partial charge on any atom is -0.462 e. The minimum atomic E-state index is -0.656. The van der Waals surface area contributed by atoms with Crippen molar-refractivity contribution in [3.05, 3.63) is 49.0 Å². The highest BCUT2D eigenvalue weighted by molar-refractivity contribution is 7.18. The van der Waals surface area contributed by atoms with Crippen molar-refractivity contribution in [1.29, 1.82) is 0 Å². The van der Waals surface area contributed by atoms with Gasteiger partial charge in [-0.05, 0) is 31.5 Å². The van der Waals surface area contributed by atoms with Gasteiger partial charge in [-0.2, -0.15) is 0 Å². The first-order valence-corrected chi connectivity index (χ1v) is 11.6. The third-order valence-electron chi connectivity index (χ3n) is 3.74. The van der Waals surface area contributed by atoms with E-state index in [-0.39, 0.29) is 18.3 Å². The number of carbonyl (C=O) groups is 2. The van der Waals surface area contributed by atoms with Gasteiger partial charge in [0.2, 0.25) is 0 Å². The van der Waals surface area contributed by atoms with Gasteiger partial charge in [-0.1, -0.05) is 5.11 Å². The van der Waals surface area contributed by atoms with Crippen LogP contribution in [0.3, 0.4) is 0 Å². The fraction of sp³-hybridized carbons (Fsp3) is 0.400. The molecule has 0 radical (unpaired) electrons. The molecule has 0 amide bonds.